The summed E-state index contributed by atoms with van der Waals surface area (Å²) in [6, 6.07) is 1.70. The Balaban J connectivity index is 1.63. The minimum Gasteiger partial charge on any atom is -0.311 e. The molecule has 0 saturated heterocycles. The monoisotopic (exact) mass is 209 g/mol. The smallest absolute Gasteiger partial charge is 0.00751 e. The zero-order valence-electron chi connectivity index (χ0n) is 10.6. The van der Waals surface area contributed by atoms with Gasteiger partial charge >= 0.3 is 0 Å². The van der Waals surface area contributed by atoms with Gasteiger partial charge in [-0.05, 0) is 56.3 Å². The maximum absolute atomic E-state index is 3.86. The van der Waals surface area contributed by atoms with Crippen LogP contribution in [-0.2, 0) is 0 Å². The lowest BCUT2D eigenvalue weighted by Gasteiger charge is -2.42. The molecule has 0 spiro atoms. The minimum absolute atomic E-state index is 0.847. The maximum Gasteiger partial charge on any atom is 0.00751 e. The molecule has 0 amide bonds. The van der Waals surface area contributed by atoms with Crippen molar-refractivity contribution in [3.63, 3.8) is 0 Å². The summed E-state index contributed by atoms with van der Waals surface area (Å²) < 4.78 is 0. The van der Waals surface area contributed by atoms with Crippen LogP contribution in [0, 0.1) is 17.8 Å². The topological polar surface area (TPSA) is 12.0 Å². The molecule has 0 atom stereocenters. The van der Waals surface area contributed by atoms with E-state index in [9.17, 15) is 0 Å². The van der Waals surface area contributed by atoms with Gasteiger partial charge in [-0.1, -0.05) is 20.8 Å². The van der Waals surface area contributed by atoms with Gasteiger partial charge < -0.3 is 5.32 Å². The molecule has 0 radical (unpaired) electrons. The molecule has 2 aliphatic rings. The van der Waals surface area contributed by atoms with Crippen LogP contribution in [0.25, 0.3) is 0 Å². The van der Waals surface area contributed by atoms with E-state index in [0.717, 1.165) is 29.8 Å². The van der Waals surface area contributed by atoms with Crippen molar-refractivity contribution in [2.75, 3.05) is 0 Å². The fourth-order valence-electron chi connectivity index (χ4n) is 3.10. The summed E-state index contributed by atoms with van der Waals surface area (Å²) >= 11 is 0. The molecule has 0 unspecified atom stereocenters. The summed E-state index contributed by atoms with van der Waals surface area (Å²) in [6.45, 7) is 7.13. The number of rotatable bonds is 3. The van der Waals surface area contributed by atoms with Crippen LogP contribution in [0.15, 0.2) is 0 Å². The first-order chi connectivity index (χ1) is 7.15. The summed E-state index contributed by atoms with van der Waals surface area (Å²) in [5, 5.41) is 3.86. The summed E-state index contributed by atoms with van der Waals surface area (Å²) in [7, 11) is 0. The SMILES string of the molecule is CC1CCC(NC2CC(C(C)C)C2)CC1. The van der Waals surface area contributed by atoms with E-state index in [1.54, 1.807) is 0 Å². The van der Waals surface area contributed by atoms with Crippen LogP contribution < -0.4 is 5.32 Å². The van der Waals surface area contributed by atoms with E-state index in [0.29, 0.717) is 0 Å². The normalized spacial score (nSPS) is 41.6. The van der Waals surface area contributed by atoms with Crippen molar-refractivity contribution in [2.24, 2.45) is 17.8 Å². The van der Waals surface area contributed by atoms with E-state index in [1.165, 1.54) is 38.5 Å². The highest BCUT2D eigenvalue weighted by molar-refractivity contribution is 4.89. The van der Waals surface area contributed by atoms with Gasteiger partial charge in [0.05, 0.1) is 0 Å². The largest absolute Gasteiger partial charge is 0.311 e. The molecule has 2 rings (SSSR count). The third-order valence-corrected chi connectivity index (χ3v) is 4.60. The van der Waals surface area contributed by atoms with Crippen LogP contribution in [0.4, 0.5) is 0 Å². The van der Waals surface area contributed by atoms with E-state index < -0.39 is 0 Å². The van der Waals surface area contributed by atoms with E-state index in [1.807, 2.05) is 0 Å². The Labute approximate surface area is 95.0 Å². The first-order valence-corrected chi connectivity index (χ1v) is 6.91. The lowest BCUT2D eigenvalue weighted by molar-refractivity contribution is 0.144. The standard InChI is InChI=1S/C14H27N/c1-10(2)12-8-14(9-12)15-13-6-4-11(3)5-7-13/h10-15H,4-9H2,1-3H3. The van der Waals surface area contributed by atoms with Crippen LogP contribution in [0.1, 0.15) is 59.3 Å². The third-order valence-electron chi connectivity index (χ3n) is 4.60. The number of hydrogen-bond acceptors (Lipinski definition) is 1. The molecule has 1 N–H and O–H groups in total. The van der Waals surface area contributed by atoms with E-state index in [2.05, 4.69) is 26.1 Å². The van der Waals surface area contributed by atoms with Crippen molar-refractivity contribution in [3.8, 4) is 0 Å². The van der Waals surface area contributed by atoms with E-state index >= 15 is 0 Å². The van der Waals surface area contributed by atoms with Crippen LogP contribution >= 0.6 is 0 Å². The molecule has 2 aliphatic carbocycles. The molecule has 0 aliphatic heterocycles. The van der Waals surface area contributed by atoms with Gasteiger partial charge in [0.2, 0.25) is 0 Å². The summed E-state index contributed by atoms with van der Waals surface area (Å²) in [5.41, 5.74) is 0. The van der Waals surface area contributed by atoms with Gasteiger partial charge in [-0.2, -0.15) is 0 Å². The molecule has 0 aromatic heterocycles. The Morgan fingerprint density at radius 3 is 2.07 bits per heavy atom. The average Bonchev–Trinajstić information content (AvgIpc) is 2.13. The highest BCUT2D eigenvalue weighted by atomic mass is 15.0. The zero-order chi connectivity index (χ0) is 10.8. The van der Waals surface area contributed by atoms with Gasteiger partial charge in [-0.3, -0.25) is 0 Å². The predicted molar refractivity (Wildman–Crippen MR) is 65.9 cm³/mol. The fraction of sp³-hybridized carbons (Fsp3) is 1.00. The van der Waals surface area contributed by atoms with Gasteiger partial charge in [-0.15, -0.1) is 0 Å². The molecule has 88 valence electrons. The molecule has 1 heteroatoms. The predicted octanol–water partition coefficient (Wildman–Crippen LogP) is 3.59. The van der Waals surface area contributed by atoms with Crippen molar-refractivity contribution < 1.29 is 0 Å². The molecule has 1 nitrogen and oxygen atoms in total. The Morgan fingerprint density at radius 1 is 0.933 bits per heavy atom. The van der Waals surface area contributed by atoms with Gasteiger partial charge in [-0.25, -0.2) is 0 Å². The van der Waals surface area contributed by atoms with Gasteiger partial charge in [0.25, 0.3) is 0 Å². The summed E-state index contributed by atoms with van der Waals surface area (Å²) in [5.74, 6) is 2.88. The van der Waals surface area contributed by atoms with Crippen molar-refractivity contribution in [3.05, 3.63) is 0 Å². The Bertz CT molecular complexity index is 186. The molecule has 0 heterocycles. The molecule has 15 heavy (non-hydrogen) atoms. The molecular formula is C14H27N. The lowest BCUT2D eigenvalue weighted by Crippen LogP contribution is -2.48. The van der Waals surface area contributed by atoms with Crippen molar-refractivity contribution in [2.45, 2.75) is 71.4 Å². The Morgan fingerprint density at radius 2 is 1.53 bits per heavy atom. The van der Waals surface area contributed by atoms with Gasteiger partial charge in [0, 0.05) is 12.1 Å². The maximum atomic E-state index is 3.86. The van der Waals surface area contributed by atoms with Gasteiger partial charge in [0.1, 0.15) is 0 Å². The van der Waals surface area contributed by atoms with Crippen LogP contribution in [-0.4, -0.2) is 12.1 Å². The second kappa shape index (κ2) is 4.86. The molecule has 0 aromatic carbocycles. The van der Waals surface area contributed by atoms with Crippen molar-refractivity contribution >= 4 is 0 Å². The van der Waals surface area contributed by atoms with Crippen LogP contribution in [0.2, 0.25) is 0 Å². The van der Waals surface area contributed by atoms with E-state index in [4.69, 9.17) is 0 Å². The quantitative estimate of drug-likeness (QED) is 0.749. The average molecular weight is 209 g/mol. The van der Waals surface area contributed by atoms with Crippen molar-refractivity contribution in [1.29, 1.82) is 0 Å². The van der Waals surface area contributed by atoms with Crippen LogP contribution in [0.5, 0.6) is 0 Å². The third kappa shape index (κ3) is 2.96. The molecule has 2 fully saturated rings. The fourth-order valence-corrected chi connectivity index (χ4v) is 3.10. The summed E-state index contributed by atoms with van der Waals surface area (Å²) in [4.78, 5) is 0. The second-order valence-electron chi connectivity index (χ2n) is 6.30. The molecule has 0 aromatic rings. The molecule has 0 bridgehead atoms. The first kappa shape index (κ1) is 11.4. The zero-order valence-corrected chi connectivity index (χ0v) is 10.6. The van der Waals surface area contributed by atoms with Crippen molar-refractivity contribution in [1.82, 2.24) is 5.32 Å². The number of nitrogens with one attached hydrogen (secondary N) is 1. The lowest BCUT2D eigenvalue weighted by atomic mass is 9.73. The van der Waals surface area contributed by atoms with Crippen LogP contribution in [0.3, 0.4) is 0 Å². The molecule has 2 saturated carbocycles. The Kier molecular flexibility index (Phi) is 3.71. The van der Waals surface area contributed by atoms with Gasteiger partial charge in [0.15, 0.2) is 0 Å². The number of hydrogen-bond donors (Lipinski definition) is 1. The highest BCUT2D eigenvalue weighted by Crippen LogP contribution is 2.35. The first-order valence-electron chi connectivity index (χ1n) is 6.91. The highest BCUT2D eigenvalue weighted by Gasteiger charge is 2.32. The summed E-state index contributed by atoms with van der Waals surface area (Å²) in [6.07, 6.45) is 8.59. The molecular weight excluding hydrogens is 182 g/mol. The Hall–Kier alpha value is -0.0400. The minimum atomic E-state index is 0.847. The second-order valence-corrected chi connectivity index (χ2v) is 6.30. The van der Waals surface area contributed by atoms with E-state index in [-0.39, 0.29) is 0 Å².